The summed E-state index contributed by atoms with van der Waals surface area (Å²) < 4.78 is 39.1. The number of nitrogens with zero attached hydrogens (tertiary/aromatic N) is 1. The van der Waals surface area contributed by atoms with Crippen LogP contribution in [0, 0.1) is 5.82 Å². The average molecular weight is 243 g/mol. The lowest BCUT2D eigenvalue weighted by Crippen LogP contribution is -2.34. The van der Waals surface area contributed by atoms with Gasteiger partial charge in [0, 0.05) is 12.6 Å². The minimum atomic E-state index is -3.66. The van der Waals surface area contributed by atoms with Crippen molar-refractivity contribution in [3.05, 3.63) is 30.1 Å². The molecule has 1 aliphatic rings. The zero-order chi connectivity index (χ0) is 11.8. The normalized spacial score (nSPS) is 22.5. The zero-order valence-electron chi connectivity index (χ0n) is 9.06. The van der Waals surface area contributed by atoms with Crippen LogP contribution in [0.4, 0.5) is 4.39 Å². The molecule has 88 valence electrons. The summed E-state index contributed by atoms with van der Waals surface area (Å²) in [5, 5.41) is 0. The highest BCUT2D eigenvalue weighted by atomic mass is 32.2. The Kier molecular flexibility index (Phi) is 2.99. The Morgan fingerprint density at radius 2 is 2.06 bits per heavy atom. The number of hydrogen-bond acceptors (Lipinski definition) is 2. The van der Waals surface area contributed by atoms with Crippen LogP contribution in [0.1, 0.15) is 19.8 Å². The first-order chi connectivity index (χ1) is 7.53. The number of sulfonamides is 1. The van der Waals surface area contributed by atoms with Gasteiger partial charge in [0.05, 0.1) is 0 Å². The monoisotopic (exact) mass is 243 g/mol. The molecule has 1 unspecified atom stereocenters. The van der Waals surface area contributed by atoms with E-state index >= 15 is 0 Å². The third-order valence-corrected chi connectivity index (χ3v) is 4.96. The Morgan fingerprint density at radius 3 is 2.62 bits per heavy atom. The van der Waals surface area contributed by atoms with Gasteiger partial charge in [0.2, 0.25) is 10.0 Å². The van der Waals surface area contributed by atoms with Crippen LogP contribution in [0.15, 0.2) is 29.2 Å². The van der Waals surface area contributed by atoms with Crippen molar-refractivity contribution in [3.8, 4) is 0 Å². The molecule has 1 aromatic rings. The molecule has 1 aliphatic heterocycles. The second-order valence-corrected chi connectivity index (χ2v) is 5.90. The molecule has 1 heterocycles. The van der Waals surface area contributed by atoms with Crippen molar-refractivity contribution in [1.82, 2.24) is 4.31 Å². The summed E-state index contributed by atoms with van der Waals surface area (Å²) in [7, 11) is -3.66. The maximum Gasteiger partial charge on any atom is 0.246 e. The molecule has 1 fully saturated rings. The van der Waals surface area contributed by atoms with Crippen molar-refractivity contribution >= 4 is 10.0 Å². The summed E-state index contributed by atoms with van der Waals surface area (Å²) in [4.78, 5) is -0.219. The topological polar surface area (TPSA) is 37.4 Å². The Bertz CT molecular complexity index is 487. The third kappa shape index (κ3) is 1.85. The quantitative estimate of drug-likeness (QED) is 0.796. The molecule has 3 nitrogen and oxygen atoms in total. The maximum atomic E-state index is 13.5. The van der Waals surface area contributed by atoms with Gasteiger partial charge in [-0.1, -0.05) is 12.1 Å². The van der Waals surface area contributed by atoms with Crippen molar-refractivity contribution in [2.75, 3.05) is 6.54 Å². The molecule has 0 aliphatic carbocycles. The van der Waals surface area contributed by atoms with Gasteiger partial charge in [0.25, 0.3) is 0 Å². The number of benzene rings is 1. The molecule has 0 aromatic heterocycles. The second-order valence-electron chi connectivity index (χ2n) is 4.04. The van der Waals surface area contributed by atoms with E-state index in [2.05, 4.69) is 0 Å². The largest absolute Gasteiger partial charge is 0.246 e. The molecule has 0 N–H and O–H groups in total. The van der Waals surface area contributed by atoms with Crippen LogP contribution in [0.2, 0.25) is 0 Å². The van der Waals surface area contributed by atoms with Gasteiger partial charge in [-0.3, -0.25) is 0 Å². The van der Waals surface area contributed by atoms with Crippen LogP contribution >= 0.6 is 0 Å². The summed E-state index contributed by atoms with van der Waals surface area (Å²) in [6, 6.07) is 5.48. The molecule has 0 saturated carbocycles. The SMILES string of the molecule is CC1CCCN1S(=O)(=O)c1ccccc1F. The van der Waals surface area contributed by atoms with E-state index in [-0.39, 0.29) is 10.9 Å². The predicted octanol–water partition coefficient (Wildman–Crippen LogP) is 2.00. The Hall–Kier alpha value is -0.940. The summed E-state index contributed by atoms with van der Waals surface area (Å²) >= 11 is 0. The lowest BCUT2D eigenvalue weighted by molar-refractivity contribution is 0.405. The molecule has 0 amide bonds. The molecule has 0 radical (unpaired) electrons. The highest BCUT2D eigenvalue weighted by molar-refractivity contribution is 7.89. The van der Waals surface area contributed by atoms with Gasteiger partial charge >= 0.3 is 0 Å². The number of hydrogen-bond donors (Lipinski definition) is 0. The van der Waals surface area contributed by atoms with E-state index in [1.54, 1.807) is 0 Å². The van der Waals surface area contributed by atoms with E-state index in [4.69, 9.17) is 0 Å². The Morgan fingerprint density at radius 1 is 1.38 bits per heavy atom. The fourth-order valence-electron chi connectivity index (χ4n) is 2.04. The number of halogens is 1. The fraction of sp³-hybridized carbons (Fsp3) is 0.455. The first kappa shape index (κ1) is 11.5. The molecule has 1 saturated heterocycles. The minimum Gasteiger partial charge on any atom is -0.207 e. The van der Waals surface area contributed by atoms with Crippen molar-refractivity contribution in [2.45, 2.75) is 30.7 Å². The lowest BCUT2D eigenvalue weighted by Gasteiger charge is -2.21. The van der Waals surface area contributed by atoms with Crippen LogP contribution < -0.4 is 0 Å². The molecular weight excluding hydrogens is 229 g/mol. The molecular formula is C11H14FNO2S. The first-order valence-electron chi connectivity index (χ1n) is 5.30. The summed E-state index contributed by atoms with van der Waals surface area (Å²) in [5.74, 6) is -0.679. The second kappa shape index (κ2) is 4.14. The molecule has 0 spiro atoms. The lowest BCUT2D eigenvalue weighted by atomic mass is 10.3. The molecule has 1 atom stereocenters. The van der Waals surface area contributed by atoms with Gasteiger partial charge in [0.15, 0.2) is 0 Å². The van der Waals surface area contributed by atoms with E-state index in [1.165, 1.54) is 28.6 Å². The van der Waals surface area contributed by atoms with Crippen molar-refractivity contribution in [2.24, 2.45) is 0 Å². The molecule has 1 aromatic carbocycles. The summed E-state index contributed by atoms with van der Waals surface area (Å²) in [6.45, 7) is 2.34. The minimum absolute atomic E-state index is 0.0374. The van der Waals surface area contributed by atoms with Crippen LogP contribution in [0.3, 0.4) is 0 Å². The molecule has 5 heteroatoms. The number of rotatable bonds is 2. The maximum absolute atomic E-state index is 13.5. The zero-order valence-corrected chi connectivity index (χ0v) is 9.87. The van der Waals surface area contributed by atoms with E-state index < -0.39 is 15.8 Å². The molecule has 2 rings (SSSR count). The van der Waals surface area contributed by atoms with E-state index in [0.717, 1.165) is 12.8 Å². The smallest absolute Gasteiger partial charge is 0.207 e. The third-order valence-electron chi connectivity index (χ3n) is 2.92. The highest BCUT2D eigenvalue weighted by Crippen LogP contribution is 2.26. The van der Waals surface area contributed by atoms with Gasteiger partial charge in [-0.2, -0.15) is 4.31 Å². The standard InChI is InChI=1S/C11H14FNO2S/c1-9-5-4-8-13(9)16(14,15)11-7-3-2-6-10(11)12/h2-3,6-7,9H,4-5,8H2,1H3. The van der Waals surface area contributed by atoms with Crippen molar-refractivity contribution < 1.29 is 12.8 Å². The summed E-state index contributed by atoms with van der Waals surface area (Å²) in [6.07, 6.45) is 1.68. The van der Waals surface area contributed by atoms with Crippen LogP contribution in [-0.2, 0) is 10.0 Å². The van der Waals surface area contributed by atoms with Gasteiger partial charge < -0.3 is 0 Å². The van der Waals surface area contributed by atoms with Crippen LogP contribution in [-0.4, -0.2) is 25.3 Å². The van der Waals surface area contributed by atoms with Gasteiger partial charge in [-0.15, -0.1) is 0 Å². The van der Waals surface area contributed by atoms with E-state index in [0.29, 0.717) is 6.54 Å². The Labute approximate surface area is 94.9 Å². The fourth-order valence-corrected chi connectivity index (χ4v) is 3.81. The van der Waals surface area contributed by atoms with Crippen molar-refractivity contribution in [1.29, 1.82) is 0 Å². The first-order valence-corrected chi connectivity index (χ1v) is 6.74. The Balaban J connectivity index is 2.43. The van der Waals surface area contributed by atoms with Gasteiger partial charge in [0.1, 0.15) is 10.7 Å². The van der Waals surface area contributed by atoms with Crippen LogP contribution in [0.25, 0.3) is 0 Å². The van der Waals surface area contributed by atoms with Crippen LogP contribution in [0.5, 0.6) is 0 Å². The molecule has 16 heavy (non-hydrogen) atoms. The molecule has 0 bridgehead atoms. The summed E-state index contributed by atoms with van der Waals surface area (Å²) in [5.41, 5.74) is 0. The van der Waals surface area contributed by atoms with Crippen molar-refractivity contribution in [3.63, 3.8) is 0 Å². The van der Waals surface area contributed by atoms with E-state index in [9.17, 15) is 12.8 Å². The van der Waals surface area contributed by atoms with Gasteiger partial charge in [-0.25, -0.2) is 12.8 Å². The average Bonchev–Trinajstić information content (AvgIpc) is 2.65. The predicted molar refractivity (Wildman–Crippen MR) is 59.0 cm³/mol. The highest BCUT2D eigenvalue weighted by Gasteiger charge is 2.33. The van der Waals surface area contributed by atoms with E-state index in [1.807, 2.05) is 6.92 Å². The van der Waals surface area contributed by atoms with Gasteiger partial charge in [-0.05, 0) is 31.9 Å².